The minimum Gasteiger partial charge on any atom is -0.341 e. The van der Waals surface area contributed by atoms with Crippen LogP contribution in [0.15, 0.2) is 36.9 Å². The first-order valence-electron chi connectivity index (χ1n) is 12.2. The molecule has 2 N–H and O–H groups in total. The number of hydrogen-bond acceptors (Lipinski definition) is 7. The molecule has 1 aromatic carbocycles. The summed E-state index contributed by atoms with van der Waals surface area (Å²) in [5.74, 6) is 4.59. The largest absolute Gasteiger partial charge is 0.417 e. The van der Waals surface area contributed by atoms with E-state index in [1.807, 2.05) is 0 Å². The Bertz CT molecular complexity index is 1400. The van der Waals surface area contributed by atoms with Crippen LogP contribution < -0.4 is 5.73 Å². The summed E-state index contributed by atoms with van der Waals surface area (Å²) in [4.78, 5) is 13.5. The zero-order chi connectivity index (χ0) is 26.0. The van der Waals surface area contributed by atoms with Gasteiger partial charge in [-0.2, -0.15) is 13.2 Å². The van der Waals surface area contributed by atoms with E-state index >= 15 is 0 Å². The lowest BCUT2D eigenvalue weighted by atomic mass is 9.94. The molecular weight excluding hydrogens is 487 g/mol. The molecule has 1 aliphatic carbocycles. The van der Waals surface area contributed by atoms with Crippen LogP contribution in [0.4, 0.5) is 13.2 Å². The van der Waals surface area contributed by atoms with Crippen LogP contribution in [0.2, 0.25) is 0 Å². The maximum atomic E-state index is 13.5. The lowest BCUT2D eigenvalue weighted by Crippen LogP contribution is -2.34. The summed E-state index contributed by atoms with van der Waals surface area (Å²) in [6, 6.07) is 5.19. The summed E-state index contributed by atoms with van der Waals surface area (Å²) in [5.41, 5.74) is 7.02. The number of benzene rings is 1. The van der Waals surface area contributed by atoms with Crippen molar-refractivity contribution in [3.63, 3.8) is 0 Å². The van der Waals surface area contributed by atoms with Crippen LogP contribution in [0.1, 0.15) is 62.6 Å². The van der Waals surface area contributed by atoms with Gasteiger partial charge < -0.3 is 19.9 Å². The smallest absolute Gasteiger partial charge is 0.341 e. The number of nitrogens with two attached hydrogens (primary N) is 1. The SMILES string of the molecule is CC1(C)O[C@@H]2[C@H](O1)[C@@H](C#Cc1ccccc1C(F)(F)F)O[C@H]2n1cnc2c(C3(N)CCCC3)ncnc21. The minimum absolute atomic E-state index is 0.132. The fourth-order valence-corrected chi connectivity index (χ4v) is 5.55. The van der Waals surface area contributed by atoms with E-state index in [1.54, 1.807) is 24.7 Å². The summed E-state index contributed by atoms with van der Waals surface area (Å²) in [7, 11) is 0. The first kappa shape index (κ1) is 24.3. The van der Waals surface area contributed by atoms with E-state index in [2.05, 4.69) is 26.8 Å². The first-order valence-corrected chi connectivity index (χ1v) is 12.2. The van der Waals surface area contributed by atoms with Crippen molar-refractivity contribution < 1.29 is 27.4 Å². The normalized spacial score (nSPS) is 28.3. The Balaban J connectivity index is 1.37. The molecular formula is C26H26F3N5O3. The molecule has 3 aromatic rings. The van der Waals surface area contributed by atoms with Gasteiger partial charge in [0.2, 0.25) is 0 Å². The van der Waals surface area contributed by atoms with Crippen LogP contribution >= 0.6 is 0 Å². The molecule has 3 fully saturated rings. The van der Waals surface area contributed by atoms with Crippen molar-refractivity contribution in [2.75, 3.05) is 0 Å². The molecule has 8 nitrogen and oxygen atoms in total. The molecule has 4 heterocycles. The highest BCUT2D eigenvalue weighted by molar-refractivity contribution is 5.74. The minimum atomic E-state index is -4.52. The summed E-state index contributed by atoms with van der Waals surface area (Å²) in [6.45, 7) is 3.55. The van der Waals surface area contributed by atoms with Crippen molar-refractivity contribution in [2.24, 2.45) is 5.73 Å². The first-order chi connectivity index (χ1) is 17.6. The number of fused-ring (bicyclic) bond motifs is 2. The molecule has 194 valence electrons. The predicted octanol–water partition coefficient (Wildman–Crippen LogP) is 4.04. The molecule has 2 aliphatic heterocycles. The van der Waals surface area contributed by atoms with Gasteiger partial charge in [0.15, 0.2) is 17.7 Å². The van der Waals surface area contributed by atoms with Crippen molar-refractivity contribution in [2.45, 2.75) is 81.6 Å². The lowest BCUT2D eigenvalue weighted by molar-refractivity contribution is -0.190. The van der Waals surface area contributed by atoms with Gasteiger partial charge in [-0.1, -0.05) is 36.8 Å². The Hall–Kier alpha value is -3.04. The van der Waals surface area contributed by atoms with Gasteiger partial charge in [-0.15, -0.1) is 0 Å². The monoisotopic (exact) mass is 513 g/mol. The molecule has 0 spiro atoms. The molecule has 11 heteroatoms. The van der Waals surface area contributed by atoms with Crippen LogP contribution in [-0.2, 0) is 25.9 Å². The van der Waals surface area contributed by atoms with E-state index in [4.69, 9.17) is 19.9 Å². The highest BCUT2D eigenvalue weighted by Crippen LogP contribution is 2.44. The fraction of sp³-hybridized carbons (Fsp3) is 0.500. The van der Waals surface area contributed by atoms with Crippen LogP contribution in [0.25, 0.3) is 11.2 Å². The van der Waals surface area contributed by atoms with Crippen molar-refractivity contribution in [3.05, 3.63) is 53.7 Å². The quantitative estimate of drug-likeness (QED) is 0.517. The molecule has 4 atom stereocenters. The van der Waals surface area contributed by atoms with Crippen LogP contribution in [0.5, 0.6) is 0 Å². The van der Waals surface area contributed by atoms with E-state index in [9.17, 15) is 13.2 Å². The summed E-state index contributed by atoms with van der Waals surface area (Å²) < 4.78 is 60.6. The van der Waals surface area contributed by atoms with E-state index in [0.717, 1.165) is 31.7 Å². The number of imidazole rings is 1. The molecule has 0 amide bonds. The van der Waals surface area contributed by atoms with Gasteiger partial charge >= 0.3 is 6.18 Å². The van der Waals surface area contributed by atoms with Crippen LogP contribution in [0.3, 0.4) is 0 Å². The highest BCUT2D eigenvalue weighted by atomic mass is 19.4. The van der Waals surface area contributed by atoms with Gasteiger partial charge in [0.1, 0.15) is 30.2 Å². The number of halogens is 3. The average molecular weight is 514 g/mol. The van der Waals surface area contributed by atoms with E-state index < -0.39 is 47.6 Å². The number of ether oxygens (including phenoxy) is 3. The van der Waals surface area contributed by atoms with Crippen molar-refractivity contribution >= 4 is 11.2 Å². The molecule has 2 saturated heterocycles. The molecule has 37 heavy (non-hydrogen) atoms. The third-order valence-corrected chi connectivity index (χ3v) is 7.21. The maximum Gasteiger partial charge on any atom is 0.417 e. The second kappa shape index (κ2) is 8.49. The second-order valence-electron chi connectivity index (χ2n) is 10.2. The molecule has 0 bridgehead atoms. The topological polar surface area (TPSA) is 97.3 Å². The molecule has 2 aromatic heterocycles. The lowest BCUT2D eigenvalue weighted by Gasteiger charge is -2.24. The average Bonchev–Trinajstić information content (AvgIpc) is 3.60. The zero-order valence-electron chi connectivity index (χ0n) is 20.3. The standard InChI is InChI=1S/C26H26F3N5O3/c1-24(2)36-19-17(10-9-15-7-3-4-8-16(15)26(27,28)29)35-23(20(19)37-24)34-14-33-18-21(31-13-32-22(18)34)25(30)11-5-6-12-25/h3-4,7-8,13-14,17,19-20,23H,5-6,11-12,30H2,1-2H3/t17-,19-,20-,23-/m1/s1. The van der Waals surface area contributed by atoms with Gasteiger partial charge in [0.05, 0.1) is 23.1 Å². The Morgan fingerprint density at radius 1 is 1.05 bits per heavy atom. The molecule has 1 saturated carbocycles. The van der Waals surface area contributed by atoms with Gasteiger partial charge in [-0.05, 0) is 38.8 Å². The fourth-order valence-electron chi connectivity index (χ4n) is 5.55. The summed E-state index contributed by atoms with van der Waals surface area (Å²) >= 11 is 0. The molecule has 0 radical (unpaired) electrons. The van der Waals surface area contributed by atoms with E-state index in [-0.39, 0.29) is 5.56 Å². The Labute approximate surface area is 211 Å². The van der Waals surface area contributed by atoms with Crippen molar-refractivity contribution in [3.8, 4) is 11.8 Å². The number of rotatable bonds is 2. The third-order valence-electron chi connectivity index (χ3n) is 7.21. The Kier molecular flexibility index (Phi) is 5.58. The van der Waals surface area contributed by atoms with Gasteiger partial charge in [0.25, 0.3) is 0 Å². The number of aromatic nitrogens is 4. The molecule has 0 unspecified atom stereocenters. The summed E-state index contributed by atoms with van der Waals surface area (Å²) in [5, 5.41) is 0. The zero-order valence-corrected chi connectivity index (χ0v) is 20.3. The number of hydrogen-bond donors (Lipinski definition) is 1. The summed E-state index contributed by atoms with van der Waals surface area (Å²) in [6.07, 6.45) is -0.524. The highest BCUT2D eigenvalue weighted by Gasteiger charge is 2.56. The Morgan fingerprint density at radius 2 is 1.78 bits per heavy atom. The molecule has 3 aliphatic rings. The Morgan fingerprint density at radius 3 is 2.54 bits per heavy atom. The van der Waals surface area contributed by atoms with Gasteiger partial charge in [0, 0.05) is 5.56 Å². The van der Waals surface area contributed by atoms with Gasteiger partial charge in [-0.25, -0.2) is 15.0 Å². The predicted molar refractivity (Wildman–Crippen MR) is 126 cm³/mol. The number of nitrogens with zero attached hydrogens (tertiary/aromatic N) is 4. The van der Waals surface area contributed by atoms with Crippen LogP contribution in [-0.4, -0.2) is 43.6 Å². The van der Waals surface area contributed by atoms with Crippen molar-refractivity contribution in [1.29, 1.82) is 0 Å². The van der Waals surface area contributed by atoms with E-state index in [1.165, 1.54) is 24.5 Å². The van der Waals surface area contributed by atoms with Gasteiger partial charge in [-0.3, -0.25) is 4.57 Å². The third kappa shape index (κ3) is 4.18. The van der Waals surface area contributed by atoms with Crippen molar-refractivity contribution in [1.82, 2.24) is 19.5 Å². The molecule has 6 rings (SSSR count). The second-order valence-corrected chi connectivity index (χ2v) is 10.2. The maximum absolute atomic E-state index is 13.5. The van der Waals surface area contributed by atoms with E-state index in [0.29, 0.717) is 16.9 Å². The number of alkyl halides is 3. The van der Waals surface area contributed by atoms with Crippen LogP contribution in [0, 0.1) is 11.8 Å².